The van der Waals surface area contributed by atoms with E-state index in [0.29, 0.717) is 13.0 Å². The summed E-state index contributed by atoms with van der Waals surface area (Å²) in [6, 6.07) is 0.0466. The van der Waals surface area contributed by atoms with E-state index in [9.17, 15) is 4.79 Å². The Morgan fingerprint density at radius 2 is 2.00 bits per heavy atom. The molecular weight excluding hydrogens is 172 g/mol. The average Bonchev–Trinajstić information content (AvgIpc) is 2.05. The molecule has 0 bridgehead atoms. The van der Waals surface area contributed by atoms with Gasteiger partial charge in [-0.2, -0.15) is 0 Å². The van der Waals surface area contributed by atoms with Gasteiger partial charge in [0.05, 0.1) is 0 Å². The van der Waals surface area contributed by atoms with E-state index < -0.39 is 0 Å². The molecular formula is C8H18N2O3. The number of rotatable bonds is 7. The SMILES string of the molecule is COC(CNC(C)CC(N)=O)OC. The minimum atomic E-state index is -0.314. The van der Waals surface area contributed by atoms with E-state index >= 15 is 0 Å². The van der Waals surface area contributed by atoms with E-state index in [1.54, 1.807) is 14.2 Å². The van der Waals surface area contributed by atoms with Gasteiger partial charge in [-0.05, 0) is 6.92 Å². The second kappa shape index (κ2) is 6.82. The van der Waals surface area contributed by atoms with Crippen LogP contribution in [0.2, 0.25) is 0 Å². The third-order valence-electron chi connectivity index (χ3n) is 1.67. The molecule has 0 aliphatic heterocycles. The molecule has 1 unspecified atom stereocenters. The third kappa shape index (κ3) is 6.51. The highest BCUT2D eigenvalue weighted by Crippen LogP contribution is 1.92. The zero-order chi connectivity index (χ0) is 10.3. The molecule has 0 aromatic heterocycles. The van der Waals surface area contributed by atoms with Crippen molar-refractivity contribution in [2.45, 2.75) is 25.7 Å². The molecule has 0 rings (SSSR count). The fraction of sp³-hybridized carbons (Fsp3) is 0.875. The van der Waals surface area contributed by atoms with Gasteiger partial charge in [0.25, 0.3) is 0 Å². The fourth-order valence-corrected chi connectivity index (χ4v) is 0.934. The van der Waals surface area contributed by atoms with Gasteiger partial charge in [0, 0.05) is 33.2 Å². The summed E-state index contributed by atoms with van der Waals surface area (Å²) in [6.07, 6.45) is 0.0375. The van der Waals surface area contributed by atoms with Crippen LogP contribution < -0.4 is 11.1 Å². The molecule has 0 radical (unpaired) electrons. The second-order valence-electron chi connectivity index (χ2n) is 2.88. The van der Waals surface area contributed by atoms with Gasteiger partial charge in [0.15, 0.2) is 6.29 Å². The maximum atomic E-state index is 10.5. The van der Waals surface area contributed by atoms with Crippen molar-refractivity contribution in [3.8, 4) is 0 Å². The molecule has 0 fully saturated rings. The van der Waals surface area contributed by atoms with Crippen LogP contribution in [-0.2, 0) is 14.3 Å². The Labute approximate surface area is 78.6 Å². The Balaban J connectivity index is 3.55. The van der Waals surface area contributed by atoms with Crippen molar-refractivity contribution in [3.63, 3.8) is 0 Å². The molecule has 3 N–H and O–H groups in total. The smallest absolute Gasteiger partial charge is 0.218 e. The molecule has 1 atom stereocenters. The van der Waals surface area contributed by atoms with E-state index in [2.05, 4.69) is 5.32 Å². The normalized spacial score (nSPS) is 13.2. The Morgan fingerprint density at radius 3 is 2.38 bits per heavy atom. The molecule has 5 heteroatoms. The maximum absolute atomic E-state index is 10.5. The second-order valence-corrected chi connectivity index (χ2v) is 2.88. The minimum absolute atomic E-state index is 0.0466. The Hall–Kier alpha value is -0.650. The van der Waals surface area contributed by atoms with Crippen LogP contribution in [-0.4, -0.2) is 39.0 Å². The summed E-state index contributed by atoms with van der Waals surface area (Å²) in [7, 11) is 3.13. The summed E-state index contributed by atoms with van der Waals surface area (Å²) in [5, 5.41) is 3.07. The molecule has 0 aromatic carbocycles. The van der Waals surface area contributed by atoms with Crippen LogP contribution in [0.3, 0.4) is 0 Å². The molecule has 0 aliphatic rings. The van der Waals surface area contributed by atoms with Gasteiger partial charge >= 0.3 is 0 Å². The Morgan fingerprint density at radius 1 is 1.46 bits per heavy atom. The van der Waals surface area contributed by atoms with E-state index in [0.717, 1.165) is 0 Å². The lowest BCUT2D eigenvalue weighted by molar-refractivity contribution is -0.119. The van der Waals surface area contributed by atoms with Crippen molar-refractivity contribution in [2.24, 2.45) is 5.73 Å². The predicted molar refractivity (Wildman–Crippen MR) is 49.1 cm³/mol. The standard InChI is InChI=1S/C8H18N2O3/c1-6(4-7(9)11)10-5-8(12-2)13-3/h6,8,10H,4-5H2,1-3H3,(H2,9,11). The van der Waals surface area contributed by atoms with E-state index in [-0.39, 0.29) is 18.2 Å². The molecule has 0 spiro atoms. The zero-order valence-corrected chi connectivity index (χ0v) is 8.37. The van der Waals surface area contributed by atoms with Crippen molar-refractivity contribution in [2.75, 3.05) is 20.8 Å². The lowest BCUT2D eigenvalue weighted by Gasteiger charge is -2.17. The highest BCUT2D eigenvalue weighted by Gasteiger charge is 2.09. The summed E-state index contributed by atoms with van der Waals surface area (Å²) in [6.45, 7) is 2.43. The van der Waals surface area contributed by atoms with Crippen LogP contribution in [0, 0.1) is 0 Å². The van der Waals surface area contributed by atoms with Crippen molar-refractivity contribution in [1.82, 2.24) is 5.32 Å². The molecule has 5 nitrogen and oxygen atoms in total. The van der Waals surface area contributed by atoms with Crippen LogP contribution in [0.4, 0.5) is 0 Å². The van der Waals surface area contributed by atoms with Crippen molar-refractivity contribution in [1.29, 1.82) is 0 Å². The number of nitrogens with one attached hydrogen (secondary N) is 1. The lowest BCUT2D eigenvalue weighted by atomic mass is 10.2. The summed E-state index contributed by atoms with van der Waals surface area (Å²) in [5.74, 6) is -0.314. The Kier molecular flexibility index (Phi) is 6.48. The number of hydrogen-bond donors (Lipinski definition) is 2. The molecule has 0 aromatic rings. The summed E-state index contributed by atoms with van der Waals surface area (Å²) in [5.41, 5.74) is 5.02. The van der Waals surface area contributed by atoms with E-state index in [4.69, 9.17) is 15.2 Å². The van der Waals surface area contributed by atoms with Crippen LogP contribution >= 0.6 is 0 Å². The molecule has 0 saturated heterocycles. The number of carbonyl (C=O) groups excluding carboxylic acids is 1. The first-order valence-corrected chi connectivity index (χ1v) is 4.17. The number of hydrogen-bond acceptors (Lipinski definition) is 4. The van der Waals surface area contributed by atoms with E-state index in [1.165, 1.54) is 0 Å². The highest BCUT2D eigenvalue weighted by molar-refractivity contribution is 5.74. The van der Waals surface area contributed by atoms with Gasteiger partial charge in [-0.3, -0.25) is 4.79 Å². The fourth-order valence-electron chi connectivity index (χ4n) is 0.934. The first-order chi connectivity index (χ1) is 6.10. The highest BCUT2D eigenvalue weighted by atomic mass is 16.7. The monoisotopic (exact) mass is 190 g/mol. The number of carbonyl (C=O) groups is 1. The molecule has 0 heterocycles. The summed E-state index contributed by atoms with van der Waals surface area (Å²) in [4.78, 5) is 10.5. The molecule has 0 aliphatic carbocycles. The van der Waals surface area contributed by atoms with Gasteiger partial charge in [-0.15, -0.1) is 0 Å². The zero-order valence-electron chi connectivity index (χ0n) is 8.37. The number of ether oxygens (including phenoxy) is 2. The summed E-state index contributed by atoms with van der Waals surface area (Å²) >= 11 is 0. The number of methoxy groups -OCH3 is 2. The third-order valence-corrected chi connectivity index (χ3v) is 1.67. The number of amides is 1. The van der Waals surface area contributed by atoms with Crippen molar-refractivity contribution in [3.05, 3.63) is 0 Å². The molecule has 13 heavy (non-hydrogen) atoms. The molecule has 78 valence electrons. The Bertz CT molecular complexity index is 148. The first kappa shape index (κ1) is 12.3. The number of nitrogens with two attached hydrogens (primary N) is 1. The number of primary amides is 1. The van der Waals surface area contributed by atoms with E-state index in [1.807, 2.05) is 6.92 Å². The van der Waals surface area contributed by atoms with Crippen LogP contribution in [0.1, 0.15) is 13.3 Å². The quantitative estimate of drug-likeness (QED) is 0.529. The van der Waals surface area contributed by atoms with Crippen LogP contribution in [0.25, 0.3) is 0 Å². The van der Waals surface area contributed by atoms with Gasteiger partial charge in [0.2, 0.25) is 5.91 Å². The van der Waals surface area contributed by atoms with Gasteiger partial charge in [-0.25, -0.2) is 0 Å². The largest absolute Gasteiger partial charge is 0.370 e. The topological polar surface area (TPSA) is 73.6 Å². The van der Waals surface area contributed by atoms with Gasteiger partial charge in [-0.1, -0.05) is 0 Å². The molecule has 0 saturated carbocycles. The summed E-state index contributed by atoms with van der Waals surface area (Å²) < 4.78 is 9.91. The van der Waals surface area contributed by atoms with Crippen molar-refractivity contribution < 1.29 is 14.3 Å². The van der Waals surface area contributed by atoms with Gasteiger partial charge < -0.3 is 20.5 Å². The molecule has 1 amide bonds. The van der Waals surface area contributed by atoms with Crippen LogP contribution in [0.5, 0.6) is 0 Å². The van der Waals surface area contributed by atoms with Gasteiger partial charge in [0.1, 0.15) is 0 Å². The van der Waals surface area contributed by atoms with Crippen molar-refractivity contribution >= 4 is 5.91 Å². The minimum Gasteiger partial charge on any atom is -0.370 e. The average molecular weight is 190 g/mol. The lowest BCUT2D eigenvalue weighted by Crippen LogP contribution is -2.37. The van der Waals surface area contributed by atoms with Crippen LogP contribution in [0.15, 0.2) is 0 Å². The predicted octanol–water partition coefficient (Wildman–Crippen LogP) is -0.541. The maximum Gasteiger partial charge on any atom is 0.218 e. The first-order valence-electron chi connectivity index (χ1n) is 4.17.